The van der Waals surface area contributed by atoms with Crippen LogP contribution in [0.5, 0.6) is 0 Å². The Bertz CT molecular complexity index is 625. The van der Waals surface area contributed by atoms with Crippen LogP contribution < -0.4 is 16.3 Å². The summed E-state index contributed by atoms with van der Waals surface area (Å²) < 4.78 is 5.69. The molecule has 0 aromatic heterocycles. The van der Waals surface area contributed by atoms with Gasteiger partial charge >= 0.3 is 5.91 Å². The zero-order valence-corrected chi connectivity index (χ0v) is 19.7. The summed E-state index contributed by atoms with van der Waals surface area (Å²) in [5.74, 6) is -1.38. The summed E-state index contributed by atoms with van der Waals surface area (Å²) in [7, 11) is 0. The number of ether oxygens (including phenoxy) is 1. The van der Waals surface area contributed by atoms with Crippen molar-refractivity contribution in [2.75, 3.05) is 19.7 Å². The van der Waals surface area contributed by atoms with Gasteiger partial charge < -0.3 is 4.74 Å². The monoisotopic (exact) mass is 451 g/mol. The molecule has 32 heavy (non-hydrogen) atoms. The number of nitrogens with one attached hydrogen (secondary N) is 3. The lowest BCUT2D eigenvalue weighted by molar-refractivity contribution is -0.234. The second-order valence-corrected chi connectivity index (χ2v) is 8.88. The van der Waals surface area contributed by atoms with Gasteiger partial charge in [-0.15, -0.1) is 0 Å². The number of carbonyl (C=O) groups excluding carboxylic acids is 3. The van der Waals surface area contributed by atoms with E-state index in [0.717, 1.165) is 77.3 Å². The highest BCUT2D eigenvalue weighted by molar-refractivity contribution is 6.34. The van der Waals surface area contributed by atoms with Crippen molar-refractivity contribution in [3.05, 3.63) is 12.2 Å². The van der Waals surface area contributed by atoms with Crippen LogP contribution in [0.15, 0.2) is 12.2 Å². The number of amides is 1. The number of hydroxylamine groups is 1. The molecule has 2 aliphatic rings. The van der Waals surface area contributed by atoms with Gasteiger partial charge in [0.05, 0.1) is 0 Å². The maximum atomic E-state index is 13.1. The van der Waals surface area contributed by atoms with Crippen LogP contribution >= 0.6 is 0 Å². The molecule has 0 radical (unpaired) electrons. The lowest BCUT2D eigenvalue weighted by Gasteiger charge is -2.40. The third-order valence-electron chi connectivity index (χ3n) is 6.35. The number of rotatable bonds is 7. The zero-order chi connectivity index (χ0) is 23.2. The largest absolute Gasteiger partial charge is 0.342 e. The fourth-order valence-electron chi connectivity index (χ4n) is 4.64. The molecule has 2 rings (SSSR count). The van der Waals surface area contributed by atoms with E-state index in [1.165, 1.54) is 6.92 Å². The van der Waals surface area contributed by atoms with Gasteiger partial charge in [0.1, 0.15) is 6.61 Å². The minimum absolute atomic E-state index is 0.0237. The third kappa shape index (κ3) is 9.10. The van der Waals surface area contributed by atoms with Gasteiger partial charge in [-0.1, -0.05) is 31.9 Å². The molecule has 182 valence electrons. The number of hydrogen-bond acceptors (Lipinski definition) is 7. The van der Waals surface area contributed by atoms with Crippen LogP contribution in [-0.2, 0) is 24.0 Å². The van der Waals surface area contributed by atoms with Crippen molar-refractivity contribution in [2.24, 2.45) is 17.8 Å². The molecule has 1 fully saturated rings. The predicted octanol–water partition coefficient (Wildman–Crippen LogP) is 2.98. The highest BCUT2D eigenvalue weighted by Crippen LogP contribution is 2.39. The number of Topliss-reactive ketones (excluding diaryl/α,β-unsaturated/α-hetero) is 2. The summed E-state index contributed by atoms with van der Waals surface area (Å²) in [6.45, 7) is 5.08. The van der Waals surface area contributed by atoms with E-state index in [1.54, 1.807) is 0 Å². The van der Waals surface area contributed by atoms with Crippen molar-refractivity contribution < 1.29 is 24.0 Å². The van der Waals surface area contributed by atoms with Crippen LogP contribution in [0.1, 0.15) is 78.1 Å². The predicted molar refractivity (Wildman–Crippen MR) is 122 cm³/mol. The maximum Gasteiger partial charge on any atom is 0.310 e. The summed E-state index contributed by atoms with van der Waals surface area (Å²) in [5, 5.41) is 0. The standard InChI is InChI=1S/C24H41N3O5/c1-3-4-14-20-22(21(29)17-31-24(20)32-27-23(30)18(2)28)19-12-9-7-5-6-8-10-15-25-26-16-11-13-19/h5-6,19-20,22,24-26H,3-4,7-17H2,1-2H3,(H,27,30)/b6-5-/t19-,20+,22?,24?/m1/s1. The first kappa shape index (κ1) is 26.6. The van der Waals surface area contributed by atoms with E-state index in [0.29, 0.717) is 0 Å². The highest BCUT2D eigenvalue weighted by atomic mass is 16.8. The molecule has 2 unspecified atom stereocenters. The lowest BCUT2D eigenvalue weighted by Crippen LogP contribution is -2.49. The Morgan fingerprint density at radius 1 is 1.12 bits per heavy atom. The van der Waals surface area contributed by atoms with E-state index in [2.05, 4.69) is 35.4 Å². The molecule has 0 aromatic rings. The Balaban J connectivity index is 2.13. The number of ketones is 2. The molecule has 2 aliphatic heterocycles. The molecule has 3 N–H and O–H groups in total. The Morgan fingerprint density at radius 2 is 1.81 bits per heavy atom. The van der Waals surface area contributed by atoms with Crippen LogP contribution in [0.4, 0.5) is 0 Å². The first-order chi connectivity index (χ1) is 15.5. The fourth-order valence-corrected chi connectivity index (χ4v) is 4.64. The van der Waals surface area contributed by atoms with Crippen molar-refractivity contribution in [3.8, 4) is 0 Å². The summed E-state index contributed by atoms with van der Waals surface area (Å²) >= 11 is 0. The topological polar surface area (TPSA) is 106 Å². The summed E-state index contributed by atoms with van der Waals surface area (Å²) in [5.41, 5.74) is 8.76. The van der Waals surface area contributed by atoms with E-state index >= 15 is 0 Å². The third-order valence-corrected chi connectivity index (χ3v) is 6.35. The van der Waals surface area contributed by atoms with Gasteiger partial charge in [0.15, 0.2) is 12.1 Å². The van der Waals surface area contributed by atoms with Crippen molar-refractivity contribution in [1.82, 2.24) is 16.3 Å². The van der Waals surface area contributed by atoms with Gasteiger partial charge in [-0.05, 0) is 57.3 Å². The maximum absolute atomic E-state index is 13.1. The quantitative estimate of drug-likeness (QED) is 0.310. The van der Waals surface area contributed by atoms with E-state index in [-0.39, 0.29) is 30.1 Å². The Hall–Kier alpha value is -1.61. The van der Waals surface area contributed by atoms with Crippen LogP contribution in [0, 0.1) is 17.8 Å². The molecule has 1 amide bonds. The molecule has 0 saturated carbocycles. The van der Waals surface area contributed by atoms with Crippen molar-refractivity contribution in [1.29, 1.82) is 0 Å². The summed E-state index contributed by atoms with van der Waals surface area (Å²) in [4.78, 5) is 41.5. The SMILES string of the molecule is CCCC[C@@H]1C(ONC(=O)C(C)=O)OCC(=O)C1[C@@H]1CCC/C=C\CCCNNCCC1. The van der Waals surface area contributed by atoms with Gasteiger partial charge in [0.25, 0.3) is 0 Å². The van der Waals surface area contributed by atoms with Gasteiger partial charge in [0.2, 0.25) is 5.78 Å². The number of allylic oxidation sites excluding steroid dienone is 2. The molecule has 8 heteroatoms. The van der Waals surface area contributed by atoms with Gasteiger partial charge in [-0.25, -0.2) is 10.3 Å². The Morgan fingerprint density at radius 3 is 2.53 bits per heavy atom. The van der Waals surface area contributed by atoms with Crippen molar-refractivity contribution in [2.45, 2.75) is 84.3 Å². The zero-order valence-electron chi connectivity index (χ0n) is 19.7. The second-order valence-electron chi connectivity index (χ2n) is 8.88. The molecule has 1 saturated heterocycles. The van der Waals surface area contributed by atoms with Crippen LogP contribution in [0.3, 0.4) is 0 Å². The molecule has 2 heterocycles. The first-order valence-electron chi connectivity index (χ1n) is 12.3. The number of hydrogen-bond donors (Lipinski definition) is 3. The van der Waals surface area contributed by atoms with Crippen LogP contribution in [-0.4, -0.2) is 43.5 Å². The molecule has 4 atom stereocenters. The number of hydrazine groups is 1. The van der Waals surface area contributed by atoms with E-state index in [1.807, 2.05) is 0 Å². The van der Waals surface area contributed by atoms with E-state index < -0.39 is 18.0 Å². The van der Waals surface area contributed by atoms with E-state index in [9.17, 15) is 14.4 Å². The smallest absolute Gasteiger partial charge is 0.310 e. The minimum Gasteiger partial charge on any atom is -0.342 e. The molecule has 0 aromatic carbocycles. The van der Waals surface area contributed by atoms with Crippen LogP contribution in [0.2, 0.25) is 0 Å². The van der Waals surface area contributed by atoms with Gasteiger partial charge in [-0.3, -0.25) is 25.2 Å². The molecular formula is C24H41N3O5. The average molecular weight is 452 g/mol. The van der Waals surface area contributed by atoms with Crippen molar-refractivity contribution >= 4 is 17.5 Å². The lowest BCUT2D eigenvalue weighted by atomic mass is 9.71. The summed E-state index contributed by atoms with van der Waals surface area (Å²) in [6, 6.07) is 0. The number of carbonyl (C=O) groups is 3. The molecule has 8 nitrogen and oxygen atoms in total. The second kappa shape index (κ2) is 15.3. The molecular weight excluding hydrogens is 410 g/mol. The normalized spacial score (nSPS) is 29.6. The average Bonchev–Trinajstić information content (AvgIpc) is 2.78. The summed E-state index contributed by atoms with van der Waals surface area (Å²) in [6.07, 6.45) is 13.6. The Kier molecular flexibility index (Phi) is 12.7. The molecule has 0 bridgehead atoms. The van der Waals surface area contributed by atoms with E-state index in [4.69, 9.17) is 9.57 Å². The molecule has 0 spiro atoms. The van der Waals surface area contributed by atoms with Crippen LogP contribution in [0.25, 0.3) is 0 Å². The molecule has 0 aliphatic carbocycles. The van der Waals surface area contributed by atoms with Crippen molar-refractivity contribution in [3.63, 3.8) is 0 Å². The Labute approximate surface area is 192 Å². The van der Waals surface area contributed by atoms with Gasteiger partial charge in [-0.2, -0.15) is 0 Å². The highest BCUT2D eigenvalue weighted by Gasteiger charge is 2.44. The minimum atomic E-state index is -0.806. The number of unbranched alkanes of at least 4 members (excludes halogenated alkanes) is 1. The first-order valence-corrected chi connectivity index (χ1v) is 12.3. The fraction of sp³-hybridized carbons (Fsp3) is 0.792. The van der Waals surface area contributed by atoms with Gasteiger partial charge in [0, 0.05) is 31.8 Å².